The summed E-state index contributed by atoms with van der Waals surface area (Å²) in [5.74, 6) is -0.0307. The average Bonchev–Trinajstić information content (AvgIpc) is 2.61. The third-order valence-electron chi connectivity index (χ3n) is 3.79. The van der Waals surface area contributed by atoms with Crippen molar-refractivity contribution in [1.29, 1.82) is 0 Å². The van der Waals surface area contributed by atoms with E-state index in [4.69, 9.17) is 16.3 Å². The maximum absolute atomic E-state index is 12.4. The van der Waals surface area contributed by atoms with Crippen molar-refractivity contribution in [2.24, 2.45) is 0 Å². The van der Waals surface area contributed by atoms with E-state index in [0.29, 0.717) is 5.75 Å². The number of sulfonamides is 1. The van der Waals surface area contributed by atoms with Crippen LogP contribution in [0.15, 0.2) is 41.3 Å². The molecule has 8 heteroatoms. The summed E-state index contributed by atoms with van der Waals surface area (Å²) in [6.07, 6.45) is 0. The highest BCUT2D eigenvalue weighted by Gasteiger charge is 2.18. The number of rotatable bonds is 7. The van der Waals surface area contributed by atoms with Crippen LogP contribution in [0.3, 0.4) is 0 Å². The number of carbonyl (C=O) groups excluding carboxylic acids is 1. The predicted molar refractivity (Wildman–Crippen MR) is 99.4 cm³/mol. The SMILES string of the molecule is COC(=O)c1cc(S(=O)(=O)NCCOc2ccc(C)c(C)c2)ccc1Cl. The highest BCUT2D eigenvalue weighted by molar-refractivity contribution is 7.89. The van der Waals surface area contributed by atoms with Gasteiger partial charge in [0.15, 0.2) is 0 Å². The van der Waals surface area contributed by atoms with Crippen LogP contribution in [0.5, 0.6) is 5.75 Å². The quantitative estimate of drug-likeness (QED) is 0.573. The van der Waals surface area contributed by atoms with Gasteiger partial charge in [0.1, 0.15) is 12.4 Å². The first kappa shape index (κ1) is 20.2. The largest absolute Gasteiger partial charge is 0.492 e. The maximum atomic E-state index is 12.4. The molecule has 6 nitrogen and oxygen atoms in total. The standard InChI is InChI=1S/C18H20ClNO5S/c1-12-4-5-14(10-13(12)2)25-9-8-20-26(22,23)15-6-7-17(19)16(11-15)18(21)24-3/h4-7,10-11,20H,8-9H2,1-3H3. The minimum Gasteiger partial charge on any atom is -0.492 e. The predicted octanol–water partition coefficient (Wildman–Crippen LogP) is 3.10. The first-order chi connectivity index (χ1) is 12.2. The molecule has 0 radical (unpaired) electrons. The molecule has 26 heavy (non-hydrogen) atoms. The molecule has 2 aromatic rings. The van der Waals surface area contributed by atoms with E-state index < -0.39 is 16.0 Å². The smallest absolute Gasteiger partial charge is 0.339 e. The Hall–Kier alpha value is -2.09. The molecule has 0 heterocycles. The summed E-state index contributed by atoms with van der Waals surface area (Å²) >= 11 is 5.90. The van der Waals surface area contributed by atoms with Crippen LogP contribution in [-0.4, -0.2) is 34.6 Å². The lowest BCUT2D eigenvalue weighted by Crippen LogP contribution is -2.28. The van der Waals surface area contributed by atoms with Gasteiger partial charge in [0, 0.05) is 6.54 Å². The number of methoxy groups -OCH3 is 1. The fraction of sp³-hybridized carbons (Fsp3) is 0.278. The zero-order valence-corrected chi connectivity index (χ0v) is 16.3. The van der Waals surface area contributed by atoms with Crippen molar-refractivity contribution < 1.29 is 22.7 Å². The van der Waals surface area contributed by atoms with Crippen molar-refractivity contribution in [3.8, 4) is 5.75 Å². The molecule has 2 aromatic carbocycles. The van der Waals surface area contributed by atoms with Gasteiger partial charge in [-0.15, -0.1) is 0 Å². The molecule has 0 aliphatic heterocycles. The fourth-order valence-electron chi connectivity index (χ4n) is 2.17. The van der Waals surface area contributed by atoms with Gasteiger partial charge in [-0.2, -0.15) is 0 Å². The van der Waals surface area contributed by atoms with Crippen molar-refractivity contribution in [3.63, 3.8) is 0 Å². The number of carbonyl (C=O) groups is 1. The Balaban J connectivity index is 2.00. The summed E-state index contributed by atoms with van der Waals surface area (Å²) in [4.78, 5) is 11.6. The number of hydrogen-bond acceptors (Lipinski definition) is 5. The first-order valence-electron chi connectivity index (χ1n) is 7.82. The minimum absolute atomic E-state index is 0.0107. The lowest BCUT2D eigenvalue weighted by molar-refractivity contribution is 0.0600. The van der Waals surface area contributed by atoms with Crippen molar-refractivity contribution in [1.82, 2.24) is 4.72 Å². The second-order valence-corrected chi connectivity index (χ2v) is 7.80. The van der Waals surface area contributed by atoms with Gasteiger partial charge < -0.3 is 9.47 Å². The van der Waals surface area contributed by atoms with E-state index in [1.807, 2.05) is 32.0 Å². The van der Waals surface area contributed by atoms with Gasteiger partial charge >= 0.3 is 5.97 Å². The Kier molecular flexibility index (Phi) is 6.63. The molecule has 0 amide bonds. The summed E-state index contributed by atoms with van der Waals surface area (Å²) in [6.45, 7) is 4.22. The molecular weight excluding hydrogens is 378 g/mol. The van der Waals surface area contributed by atoms with Crippen molar-refractivity contribution in [3.05, 3.63) is 58.1 Å². The molecule has 0 aliphatic rings. The molecule has 0 fully saturated rings. The van der Waals surface area contributed by atoms with E-state index in [1.54, 1.807) is 0 Å². The highest BCUT2D eigenvalue weighted by atomic mass is 35.5. The number of ether oxygens (including phenoxy) is 2. The van der Waals surface area contributed by atoms with Gasteiger partial charge in [0.05, 0.1) is 22.6 Å². The van der Waals surface area contributed by atoms with Crippen LogP contribution in [0.25, 0.3) is 0 Å². The van der Waals surface area contributed by atoms with Crippen molar-refractivity contribution >= 4 is 27.6 Å². The van der Waals surface area contributed by atoms with E-state index in [0.717, 1.165) is 11.1 Å². The van der Waals surface area contributed by atoms with Crippen molar-refractivity contribution in [2.75, 3.05) is 20.3 Å². The van der Waals surface area contributed by atoms with Crippen molar-refractivity contribution in [2.45, 2.75) is 18.7 Å². The molecular formula is C18H20ClNO5S. The van der Waals surface area contributed by atoms with E-state index >= 15 is 0 Å². The molecule has 140 valence electrons. The molecule has 0 aliphatic carbocycles. The molecule has 0 atom stereocenters. The topological polar surface area (TPSA) is 81.7 Å². The van der Waals surface area contributed by atoms with E-state index in [1.165, 1.54) is 25.3 Å². The third kappa shape index (κ3) is 4.97. The molecule has 0 saturated carbocycles. The van der Waals surface area contributed by atoms with Gasteiger partial charge in [-0.3, -0.25) is 0 Å². The molecule has 1 N–H and O–H groups in total. The zero-order chi connectivity index (χ0) is 19.3. The summed E-state index contributed by atoms with van der Waals surface area (Å²) < 4.78 is 37.3. The number of halogens is 1. The Morgan fingerprint density at radius 1 is 1.12 bits per heavy atom. The van der Waals surface area contributed by atoms with Gasteiger partial charge in [-0.05, 0) is 55.3 Å². The number of benzene rings is 2. The lowest BCUT2D eigenvalue weighted by atomic mass is 10.1. The summed E-state index contributed by atoms with van der Waals surface area (Å²) in [6, 6.07) is 9.51. The van der Waals surface area contributed by atoms with Gasteiger partial charge in [-0.1, -0.05) is 17.7 Å². The monoisotopic (exact) mass is 397 g/mol. The summed E-state index contributed by atoms with van der Waals surface area (Å²) in [7, 11) is -2.61. The van der Waals surface area contributed by atoms with Gasteiger partial charge in [0.2, 0.25) is 10.0 Å². The van der Waals surface area contributed by atoms with E-state index in [-0.39, 0.29) is 28.6 Å². The maximum Gasteiger partial charge on any atom is 0.339 e. The van der Waals surface area contributed by atoms with Crippen LogP contribution in [0.2, 0.25) is 5.02 Å². The third-order valence-corrected chi connectivity index (χ3v) is 5.58. The summed E-state index contributed by atoms with van der Waals surface area (Å²) in [5, 5.41) is 0.119. The van der Waals surface area contributed by atoms with Crippen LogP contribution in [0.4, 0.5) is 0 Å². The first-order valence-corrected chi connectivity index (χ1v) is 9.68. The molecule has 0 spiro atoms. The van der Waals surface area contributed by atoms with Crippen LogP contribution in [0.1, 0.15) is 21.5 Å². The van der Waals surface area contributed by atoms with Gasteiger partial charge in [0.25, 0.3) is 0 Å². The van der Waals surface area contributed by atoms with E-state index in [2.05, 4.69) is 9.46 Å². The van der Waals surface area contributed by atoms with Crippen LogP contribution in [-0.2, 0) is 14.8 Å². The molecule has 0 unspecified atom stereocenters. The number of aryl methyl sites for hydroxylation is 2. The van der Waals surface area contributed by atoms with Gasteiger partial charge in [-0.25, -0.2) is 17.9 Å². The Morgan fingerprint density at radius 3 is 2.50 bits per heavy atom. The molecule has 2 rings (SSSR count). The summed E-state index contributed by atoms with van der Waals surface area (Å²) in [5.41, 5.74) is 2.24. The lowest BCUT2D eigenvalue weighted by Gasteiger charge is -2.11. The second kappa shape index (κ2) is 8.53. The number of hydrogen-bond donors (Lipinski definition) is 1. The minimum atomic E-state index is -3.81. The zero-order valence-electron chi connectivity index (χ0n) is 14.7. The normalized spacial score (nSPS) is 11.2. The van der Waals surface area contributed by atoms with Crippen LogP contribution >= 0.6 is 11.6 Å². The second-order valence-electron chi connectivity index (χ2n) is 5.63. The Labute approximate surface area is 158 Å². The molecule has 0 aromatic heterocycles. The molecule has 0 saturated heterocycles. The van der Waals surface area contributed by atoms with E-state index in [9.17, 15) is 13.2 Å². The number of esters is 1. The molecule has 0 bridgehead atoms. The Morgan fingerprint density at radius 2 is 1.85 bits per heavy atom. The highest BCUT2D eigenvalue weighted by Crippen LogP contribution is 2.21. The average molecular weight is 398 g/mol. The van der Waals surface area contributed by atoms with Crippen LogP contribution in [0, 0.1) is 13.8 Å². The number of nitrogens with one attached hydrogen (secondary N) is 1. The van der Waals surface area contributed by atoms with Crippen LogP contribution < -0.4 is 9.46 Å². The Bertz CT molecular complexity index is 912. The fourth-order valence-corrected chi connectivity index (χ4v) is 3.40.